The van der Waals surface area contributed by atoms with Crippen molar-refractivity contribution in [1.82, 2.24) is 10.1 Å². The fourth-order valence-corrected chi connectivity index (χ4v) is 3.06. The molecule has 1 aromatic heterocycles. The zero-order chi connectivity index (χ0) is 15.0. The molecule has 1 aliphatic rings. The van der Waals surface area contributed by atoms with Crippen molar-refractivity contribution in [3.63, 3.8) is 0 Å². The van der Waals surface area contributed by atoms with E-state index in [4.69, 9.17) is 21.9 Å². The van der Waals surface area contributed by atoms with E-state index in [1.807, 2.05) is 24.3 Å². The molecule has 1 aliphatic carbocycles. The third-order valence-electron chi connectivity index (χ3n) is 4.27. The Kier molecular flexibility index (Phi) is 5.15. The van der Waals surface area contributed by atoms with Gasteiger partial charge < -0.3 is 10.3 Å². The molecule has 2 aromatic rings. The number of halogens is 2. The van der Waals surface area contributed by atoms with Gasteiger partial charge in [-0.15, -0.1) is 12.4 Å². The molecule has 0 amide bonds. The molecule has 22 heavy (non-hydrogen) atoms. The van der Waals surface area contributed by atoms with Crippen LogP contribution in [0.4, 0.5) is 0 Å². The van der Waals surface area contributed by atoms with Crippen LogP contribution in [0.3, 0.4) is 0 Å². The minimum Gasteiger partial charge on any atom is -0.339 e. The topological polar surface area (TPSA) is 64.9 Å². The molecule has 4 nitrogen and oxygen atoms in total. The van der Waals surface area contributed by atoms with Crippen LogP contribution in [0.5, 0.6) is 0 Å². The summed E-state index contributed by atoms with van der Waals surface area (Å²) >= 11 is 6.10. The minimum absolute atomic E-state index is 0. The van der Waals surface area contributed by atoms with Gasteiger partial charge in [0.05, 0.1) is 11.5 Å². The molecule has 1 heterocycles. The molecule has 0 aliphatic heterocycles. The van der Waals surface area contributed by atoms with E-state index >= 15 is 0 Å². The van der Waals surface area contributed by atoms with Crippen molar-refractivity contribution in [2.75, 3.05) is 0 Å². The average Bonchev–Trinajstić information content (AvgIpc) is 2.85. The van der Waals surface area contributed by atoms with Gasteiger partial charge in [0.1, 0.15) is 0 Å². The Morgan fingerprint density at radius 3 is 2.59 bits per heavy atom. The Morgan fingerprint density at radius 2 is 2.05 bits per heavy atom. The number of hydrogen-bond acceptors (Lipinski definition) is 4. The summed E-state index contributed by atoms with van der Waals surface area (Å²) in [5.74, 6) is 1.62. The summed E-state index contributed by atoms with van der Waals surface area (Å²) in [6.07, 6.45) is 2.98. The zero-order valence-electron chi connectivity index (χ0n) is 12.8. The molecule has 1 saturated carbocycles. The van der Waals surface area contributed by atoms with Gasteiger partial charge in [-0.3, -0.25) is 0 Å². The van der Waals surface area contributed by atoms with Gasteiger partial charge in [-0.1, -0.05) is 42.7 Å². The van der Waals surface area contributed by atoms with Gasteiger partial charge in [-0.25, -0.2) is 0 Å². The standard InChI is InChI=1S/C16H20ClN3O.ClH/c1-10(2)13(11-5-3-6-12(17)9-11)14-19-15(20-21-14)16(18)7-4-8-16;/h3,5-6,9-10,13H,4,7-8,18H2,1-2H3;1H. The summed E-state index contributed by atoms with van der Waals surface area (Å²) in [7, 11) is 0. The number of nitrogens with zero attached hydrogens (tertiary/aromatic N) is 2. The highest BCUT2D eigenvalue weighted by Crippen LogP contribution is 2.39. The van der Waals surface area contributed by atoms with E-state index in [1.165, 1.54) is 0 Å². The molecule has 0 saturated heterocycles. The summed E-state index contributed by atoms with van der Waals surface area (Å²) in [4.78, 5) is 4.59. The smallest absolute Gasteiger partial charge is 0.234 e. The van der Waals surface area contributed by atoms with Crippen molar-refractivity contribution >= 4 is 24.0 Å². The van der Waals surface area contributed by atoms with Gasteiger partial charge in [-0.2, -0.15) is 4.98 Å². The van der Waals surface area contributed by atoms with Crippen LogP contribution in [-0.4, -0.2) is 10.1 Å². The van der Waals surface area contributed by atoms with Crippen LogP contribution in [0.2, 0.25) is 5.02 Å². The quantitative estimate of drug-likeness (QED) is 0.901. The van der Waals surface area contributed by atoms with Crippen LogP contribution >= 0.6 is 24.0 Å². The molecule has 1 aromatic carbocycles. The molecule has 6 heteroatoms. The Labute approximate surface area is 141 Å². The summed E-state index contributed by atoms with van der Waals surface area (Å²) in [6.45, 7) is 4.27. The van der Waals surface area contributed by atoms with E-state index < -0.39 is 5.54 Å². The largest absolute Gasteiger partial charge is 0.339 e. The molecule has 1 fully saturated rings. The molecule has 1 atom stereocenters. The fourth-order valence-electron chi connectivity index (χ4n) is 2.86. The predicted molar refractivity (Wildman–Crippen MR) is 89.4 cm³/mol. The summed E-state index contributed by atoms with van der Waals surface area (Å²) in [5, 5.41) is 4.83. The Balaban J connectivity index is 0.00000176. The van der Waals surface area contributed by atoms with Crippen LogP contribution in [0.1, 0.15) is 56.3 Å². The lowest BCUT2D eigenvalue weighted by Crippen LogP contribution is -2.44. The highest BCUT2D eigenvalue weighted by Gasteiger charge is 2.39. The van der Waals surface area contributed by atoms with Gasteiger partial charge in [0.2, 0.25) is 5.89 Å². The first-order valence-electron chi connectivity index (χ1n) is 7.38. The lowest BCUT2D eigenvalue weighted by atomic mass is 9.77. The molecule has 3 rings (SSSR count). The number of aromatic nitrogens is 2. The third kappa shape index (κ3) is 3.14. The number of rotatable bonds is 4. The Bertz CT molecular complexity index is 638. The van der Waals surface area contributed by atoms with E-state index in [1.54, 1.807) is 0 Å². The average molecular weight is 342 g/mol. The van der Waals surface area contributed by atoms with Crippen molar-refractivity contribution < 1.29 is 4.52 Å². The van der Waals surface area contributed by atoms with Crippen LogP contribution in [-0.2, 0) is 5.54 Å². The highest BCUT2D eigenvalue weighted by molar-refractivity contribution is 6.30. The predicted octanol–water partition coefficient (Wildman–Crippen LogP) is 4.27. The van der Waals surface area contributed by atoms with E-state index in [9.17, 15) is 0 Å². The van der Waals surface area contributed by atoms with Gasteiger partial charge in [0, 0.05) is 5.02 Å². The van der Waals surface area contributed by atoms with E-state index in [2.05, 4.69) is 24.0 Å². The Morgan fingerprint density at radius 1 is 1.32 bits per heavy atom. The lowest BCUT2D eigenvalue weighted by molar-refractivity contribution is 0.228. The molecule has 120 valence electrons. The fraction of sp³-hybridized carbons (Fsp3) is 0.500. The van der Waals surface area contributed by atoms with Gasteiger partial charge in [0.25, 0.3) is 0 Å². The van der Waals surface area contributed by atoms with Crippen molar-refractivity contribution in [3.05, 3.63) is 46.6 Å². The Hall–Kier alpha value is -1.10. The molecular formula is C16H21Cl2N3O. The summed E-state index contributed by atoms with van der Waals surface area (Å²) < 4.78 is 5.52. The highest BCUT2D eigenvalue weighted by atomic mass is 35.5. The number of hydrogen-bond donors (Lipinski definition) is 1. The van der Waals surface area contributed by atoms with Gasteiger partial charge >= 0.3 is 0 Å². The van der Waals surface area contributed by atoms with Crippen molar-refractivity contribution in [2.24, 2.45) is 11.7 Å². The molecule has 0 radical (unpaired) electrons. The van der Waals surface area contributed by atoms with E-state index in [0.717, 1.165) is 24.8 Å². The van der Waals surface area contributed by atoms with Gasteiger partial charge in [-0.05, 0) is 42.9 Å². The lowest BCUT2D eigenvalue weighted by Gasteiger charge is -2.34. The number of nitrogens with two attached hydrogens (primary N) is 1. The van der Waals surface area contributed by atoms with Crippen molar-refractivity contribution in [1.29, 1.82) is 0 Å². The second kappa shape index (κ2) is 6.57. The summed E-state index contributed by atoms with van der Waals surface area (Å²) in [6, 6.07) is 7.81. The molecule has 1 unspecified atom stereocenters. The maximum atomic E-state index is 6.27. The van der Waals surface area contributed by atoms with Crippen LogP contribution < -0.4 is 5.73 Å². The van der Waals surface area contributed by atoms with E-state index in [0.29, 0.717) is 22.7 Å². The SMILES string of the molecule is CC(C)C(c1cccc(Cl)c1)c1nc(C2(N)CCC2)no1.Cl. The van der Waals surface area contributed by atoms with Crippen molar-refractivity contribution in [2.45, 2.75) is 44.6 Å². The minimum atomic E-state index is -0.391. The normalized spacial score (nSPS) is 17.7. The third-order valence-corrected chi connectivity index (χ3v) is 4.51. The number of benzene rings is 1. The molecule has 2 N–H and O–H groups in total. The first-order chi connectivity index (χ1) is 9.99. The summed E-state index contributed by atoms with van der Waals surface area (Å²) in [5.41, 5.74) is 6.97. The maximum absolute atomic E-state index is 6.27. The second-order valence-electron chi connectivity index (χ2n) is 6.24. The maximum Gasteiger partial charge on any atom is 0.234 e. The van der Waals surface area contributed by atoms with E-state index in [-0.39, 0.29) is 18.3 Å². The molecule has 0 spiro atoms. The molecule has 0 bridgehead atoms. The van der Waals surface area contributed by atoms with Gasteiger partial charge in [0.15, 0.2) is 5.82 Å². The second-order valence-corrected chi connectivity index (χ2v) is 6.68. The molecular weight excluding hydrogens is 321 g/mol. The first-order valence-corrected chi connectivity index (χ1v) is 7.76. The van der Waals surface area contributed by atoms with Crippen LogP contribution in [0.15, 0.2) is 28.8 Å². The monoisotopic (exact) mass is 341 g/mol. The first kappa shape index (κ1) is 17.3. The zero-order valence-corrected chi connectivity index (χ0v) is 14.3. The van der Waals surface area contributed by atoms with Crippen molar-refractivity contribution in [3.8, 4) is 0 Å². The van der Waals surface area contributed by atoms with Crippen LogP contribution in [0, 0.1) is 5.92 Å². The van der Waals surface area contributed by atoms with Crippen LogP contribution in [0.25, 0.3) is 0 Å².